The van der Waals surface area contributed by atoms with Gasteiger partial charge in [-0.1, -0.05) is 24.3 Å². The SMILES string of the molecule is O=C(O)COc1ccc(C(=O)c2ccsc2)c2ccccc12. The molecule has 3 aromatic rings. The topological polar surface area (TPSA) is 63.6 Å². The Morgan fingerprint density at radius 3 is 2.50 bits per heavy atom. The maximum absolute atomic E-state index is 12.6. The average molecular weight is 312 g/mol. The van der Waals surface area contributed by atoms with Crippen molar-refractivity contribution in [3.63, 3.8) is 0 Å². The van der Waals surface area contributed by atoms with Crippen molar-refractivity contribution in [3.05, 3.63) is 64.4 Å². The molecule has 3 rings (SSSR count). The monoisotopic (exact) mass is 312 g/mol. The van der Waals surface area contributed by atoms with Crippen LogP contribution in [-0.4, -0.2) is 23.5 Å². The minimum atomic E-state index is -1.04. The third-order valence-corrected chi connectivity index (χ3v) is 3.95. The fraction of sp³-hybridized carbons (Fsp3) is 0.0588. The molecule has 4 nitrogen and oxygen atoms in total. The number of rotatable bonds is 5. The van der Waals surface area contributed by atoms with Crippen LogP contribution in [-0.2, 0) is 4.79 Å². The van der Waals surface area contributed by atoms with Crippen LogP contribution in [0, 0.1) is 0 Å². The number of ether oxygens (including phenoxy) is 1. The number of hydrogen-bond acceptors (Lipinski definition) is 4. The van der Waals surface area contributed by atoms with E-state index in [9.17, 15) is 9.59 Å². The van der Waals surface area contributed by atoms with Gasteiger partial charge >= 0.3 is 5.97 Å². The van der Waals surface area contributed by atoms with Crippen molar-refractivity contribution >= 4 is 33.9 Å². The zero-order valence-electron chi connectivity index (χ0n) is 11.5. The van der Waals surface area contributed by atoms with Gasteiger partial charge in [0, 0.05) is 21.9 Å². The van der Waals surface area contributed by atoms with Gasteiger partial charge in [-0.2, -0.15) is 11.3 Å². The summed E-state index contributed by atoms with van der Waals surface area (Å²) in [6.07, 6.45) is 0. The van der Waals surface area contributed by atoms with E-state index in [-0.39, 0.29) is 5.78 Å². The van der Waals surface area contributed by atoms with E-state index in [4.69, 9.17) is 9.84 Å². The van der Waals surface area contributed by atoms with Gasteiger partial charge in [0.15, 0.2) is 12.4 Å². The van der Waals surface area contributed by atoms with Gasteiger partial charge < -0.3 is 9.84 Å². The number of thiophene rings is 1. The molecular weight excluding hydrogens is 300 g/mol. The molecule has 0 unspecified atom stereocenters. The number of ketones is 1. The molecule has 0 atom stereocenters. The Hall–Kier alpha value is -2.66. The van der Waals surface area contributed by atoms with E-state index in [0.717, 1.165) is 10.8 Å². The number of benzene rings is 2. The van der Waals surface area contributed by atoms with Crippen molar-refractivity contribution in [2.45, 2.75) is 0 Å². The van der Waals surface area contributed by atoms with Crippen LogP contribution in [0.1, 0.15) is 15.9 Å². The average Bonchev–Trinajstić information content (AvgIpc) is 3.06. The van der Waals surface area contributed by atoms with E-state index in [2.05, 4.69) is 0 Å². The maximum Gasteiger partial charge on any atom is 0.341 e. The fourth-order valence-corrected chi connectivity index (χ4v) is 2.92. The second kappa shape index (κ2) is 5.99. The highest BCUT2D eigenvalue weighted by Crippen LogP contribution is 2.30. The molecule has 0 aliphatic carbocycles. The number of fused-ring (bicyclic) bond motifs is 1. The van der Waals surface area contributed by atoms with Crippen LogP contribution in [0.2, 0.25) is 0 Å². The molecular formula is C17H12O4S. The summed E-state index contributed by atoms with van der Waals surface area (Å²) < 4.78 is 5.30. The minimum absolute atomic E-state index is 0.0535. The second-order valence-corrected chi connectivity index (χ2v) is 5.46. The lowest BCUT2D eigenvalue weighted by molar-refractivity contribution is -0.139. The summed E-state index contributed by atoms with van der Waals surface area (Å²) in [5.74, 6) is -0.635. The first-order chi connectivity index (χ1) is 10.7. The predicted octanol–water partition coefficient (Wildman–Crippen LogP) is 3.60. The van der Waals surface area contributed by atoms with E-state index in [1.54, 1.807) is 18.2 Å². The molecule has 1 N–H and O–H groups in total. The molecule has 0 amide bonds. The van der Waals surface area contributed by atoms with E-state index >= 15 is 0 Å². The number of carbonyl (C=O) groups is 2. The lowest BCUT2D eigenvalue weighted by atomic mass is 9.98. The highest BCUT2D eigenvalue weighted by atomic mass is 32.1. The summed E-state index contributed by atoms with van der Waals surface area (Å²) in [6.45, 7) is -0.415. The van der Waals surface area contributed by atoms with Crippen LogP contribution < -0.4 is 4.74 Å². The van der Waals surface area contributed by atoms with Gasteiger partial charge in [0.05, 0.1) is 0 Å². The van der Waals surface area contributed by atoms with Gasteiger partial charge in [0.1, 0.15) is 5.75 Å². The zero-order chi connectivity index (χ0) is 15.5. The molecule has 22 heavy (non-hydrogen) atoms. The van der Waals surface area contributed by atoms with Crippen LogP contribution in [0.3, 0.4) is 0 Å². The molecule has 1 heterocycles. The molecule has 1 aromatic heterocycles. The highest BCUT2D eigenvalue weighted by molar-refractivity contribution is 7.08. The number of hydrogen-bond donors (Lipinski definition) is 1. The van der Waals surface area contributed by atoms with Crippen molar-refractivity contribution in [3.8, 4) is 5.75 Å². The minimum Gasteiger partial charge on any atom is -0.481 e. The van der Waals surface area contributed by atoms with Crippen molar-refractivity contribution in [2.24, 2.45) is 0 Å². The summed E-state index contributed by atoms with van der Waals surface area (Å²) in [7, 11) is 0. The number of aliphatic carboxylic acids is 1. The smallest absolute Gasteiger partial charge is 0.341 e. The Morgan fingerprint density at radius 1 is 1.05 bits per heavy atom. The second-order valence-electron chi connectivity index (χ2n) is 4.68. The van der Waals surface area contributed by atoms with Crippen molar-refractivity contribution in [2.75, 3.05) is 6.61 Å². The zero-order valence-corrected chi connectivity index (χ0v) is 12.3. The fourth-order valence-electron chi connectivity index (χ4n) is 2.28. The molecule has 0 saturated heterocycles. The highest BCUT2D eigenvalue weighted by Gasteiger charge is 2.15. The van der Waals surface area contributed by atoms with Crippen molar-refractivity contribution in [1.82, 2.24) is 0 Å². The molecule has 0 saturated carbocycles. The first kappa shape index (κ1) is 14.3. The number of carboxylic acid groups (broad SMARTS) is 1. The number of carboxylic acids is 1. The third-order valence-electron chi connectivity index (χ3n) is 3.26. The molecule has 0 aliphatic heterocycles. The van der Waals surface area contributed by atoms with Crippen LogP contribution in [0.15, 0.2) is 53.2 Å². The van der Waals surface area contributed by atoms with Crippen LogP contribution in [0.5, 0.6) is 5.75 Å². The third kappa shape index (κ3) is 2.71. The lowest BCUT2D eigenvalue weighted by Crippen LogP contribution is -2.10. The number of carbonyl (C=O) groups excluding carboxylic acids is 1. The maximum atomic E-state index is 12.6. The molecule has 0 radical (unpaired) electrons. The summed E-state index contributed by atoms with van der Waals surface area (Å²) in [6, 6.07) is 12.4. The standard InChI is InChI=1S/C17H12O4S/c18-16(19)9-21-15-6-5-14(12-3-1-2-4-13(12)15)17(20)11-7-8-22-10-11/h1-8,10H,9H2,(H,18,19). The molecule has 0 spiro atoms. The van der Waals surface area contributed by atoms with Crippen LogP contribution >= 0.6 is 11.3 Å². The van der Waals surface area contributed by atoms with Gasteiger partial charge in [-0.15, -0.1) is 0 Å². The van der Waals surface area contributed by atoms with Gasteiger partial charge in [-0.05, 0) is 29.0 Å². The van der Waals surface area contributed by atoms with Gasteiger partial charge in [0.2, 0.25) is 0 Å². The van der Waals surface area contributed by atoms with Crippen LogP contribution in [0.4, 0.5) is 0 Å². The summed E-state index contributed by atoms with van der Waals surface area (Å²) >= 11 is 1.47. The van der Waals surface area contributed by atoms with E-state index < -0.39 is 12.6 Å². The molecule has 0 aliphatic rings. The van der Waals surface area contributed by atoms with Gasteiger partial charge in [-0.3, -0.25) is 4.79 Å². The molecule has 110 valence electrons. The van der Waals surface area contributed by atoms with E-state index in [0.29, 0.717) is 16.9 Å². The van der Waals surface area contributed by atoms with Gasteiger partial charge in [-0.25, -0.2) is 4.79 Å². The molecule has 0 bridgehead atoms. The predicted molar refractivity (Wildman–Crippen MR) is 84.8 cm³/mol. The van der Waals surface area contributed by atoms with Crippen molar-refractivity contribution in [1.29, 1.82) is 0 Å². The normalized spacial score (nSPS) is 10.5. The van der Waals surface area contributed by atoms with Crippen molar-refractivity contribution < 1.29 is 19.4 Å². The Kier molecular flexibility index (Phi) is 3.89. The molecule has 5 heteroatoms. The first-order valence-corrected chi connectivity index (χ1v) is 7.54. The Morgan fingerprint density at radius 2 is 1.82 bits per heavy atom. The van der Waals surface area contributed by atoms with E-state index in [1.807, 2.05) is 35.0 Å². The first-order valence-electron chi connectivity index (χ1n) is 6.60. The summed E-state index contributed by atoms with van der Waals surface area (Å²) in [5, 5.41) is 13.9. The Labute approximate surface area is 130 Å². The largest absolute Gasteiger partial charge is 0.481 e. The summed E-state index contributed by atoms with van der Waals surface area (Å²) in [4.78, 5) is 23.2. The van der Waals surface area contributed by atoms with Gasteiger partial charge in [0.25, 0.3) is 0 Å². The Balaban J connectivity index is 2.08. The molecule has 2 aromatic carbocycles. The van der Waals surface area contributed by atoms with Crippen LogP contribution in [0.25, 0.3) is 10.8 Å². The quantitative estimate of drug-likeness (QED) is 0.731. The lowest BCUT2D eigenvalue weighted by Gasteiger charge is -2.10. The Bertz CT molecular complexity index is 837. The van der Waals surface area contributed by atoms with E-state index in [1.165, 1.54) is 11.3 Å². The molecule has 0 fully saturated rings. The summed E-state index contributed by atoms with van der Waals surface area (Å²) in [5.41, 5.74) is 1.23.